The molecule has 0 bridgehead atoms. The minimum Gasteiger partial charge on any atom is -0.443 e. The Bertz CT molecular complexity index is 350. The molecule has 0 aromatic rings. The summed E-state index contributed by atoms with van der Waals surface area (Å²) in [5.41, 5.74) is 3.85. The summed E-state index contributed by atoms with van der Waals surface area (Å²) in [5.74, 6) is 5.02. The fraction of sp³-hybridized carbons (Fsp3) is 0.692. The molecule has 0 saturated carbocycles. The lowest BCUT2D eigenvalue weighted by atomic mass is 10.2. The second-order valence-electron chi connectivity index (χ2n) is 4.89. The van der Waals surface area contributed by atoms with E-state index in [9.17, 15) is 9.59 Å². The molecule has 6 nitrogen and oxygen atoms in total. The molecule has 0 rings (SSSR count). The summed E-state index contributed by atoms with van der Waals surface area (Å²) in [6.07, 6.45) is 1.70. The molecule has 0 saturated heterocycles. The van der Waals surface area contributed by atoms with Gasteiger partial charge in [0.1, 0.15) is 12.2 Å². The lowest BCUT2D eigenvalue weighted by Crippen LogP contribution is -2.44. The van der Waals surface area contributed by atoms with Crippen molar-refractivity contribution in [2.75, 3.05) is 6.61 Å². The van der Waals surface area contributed by atoms with Crippen LogP contribution in [0.2, 0.25) is 0 Å². The third-order valence-electron chi connectivity index (χ3n) is 1.86. The number of hydrogen-bond donors (Lipinski definition) is 3. The first-order valence-electron chi connectivity index (χ1n) is 6.19. The normalized spacial score (nSPS) is 10.1. The number of ether oxygens (including phenoxy) is 1. The van der Waals surface area contributed by atoms with Gasteiger partial charge in [-0.3, -0.25) is 10.2 Å². The van der Waals surface area contributed by atoms with Gasteiger partial charge in [-0.1, -0.05) is 5.92 Å². The number of unbranched alkanes of at least 4 members (excludes halogenated alkanes) is 2. The number of amides is 2. The monoisotopic (exact) mass is 270 g/mol. The van der Waals surface area contributed by atoms with Crippen LogP contribution in [-0.4, -0.2) is 29.3 Å². The molecule has 0 spiro atoms. The summed E-state index contributed by atoms with van der Waals surface area (Å²) in [5, 5.41) is 8.42. The quantitative estimate of drug-likeness (QED) is 0.405. The molecule has 0 aliphatic rings. The number of nitrogens with one attached hydrogen (secondary N) is 2. The van der Waals surface area contributed by atoms with E-state index in [0.717, 1.165) is 6.42 Å². The summed E-state index contributed by atoms with van der Waals surface area (Å²) in [4.78, 5) is 22.6. The average Bonchev–Trinajstić information content (AvgIpc) is 2.29. The Hall–Kier alpha value is -1.74. The van der Waals surface area contributed by atoms with Gasteiger partial charge >= 0.3 is 6.09 Å². The van der Waals surface area contributed by atoms with Crippen LogP contribution < -0.4 is 10.9 Å². The fourth-order valence-corrected chi connectivity index (χ4v) is 1.13. The lowest BCUT2D eigenvalue weighted by Gasteiger charge is -2.19. The van der Waals surface area contributed by atoms with Gasteiger partial charge in [0.15, 0.2) is 0 Å². The van der Waals surface area contributed by atoms with Gasteiger partial charge in [0.2, 0.25) is 5.91 Å². The van der Waals surface area contributed by atoms with Gasteiger partial charge in [-0.2, -0.15) is 0 Å². The van der Waals surface area contributed by atoms with E-state index in [-0.39, 0.29) is 12.5 Å². The average molecular weight is 270 g/mol. The first-order valence-corrected chi connectivity index (χ1v) is 6.19. The van der Waals surface area contributed by atoms with E-state index < -0.39 is 11.7 Å². The molecule has 19 heavy (non-hydrogen) atoms. The second kappa shape index (κ2) is 9.22. The van der Waals surface area contributed by atoms with Crippen molar-refractivity contribution in [3.63, 3.8) is 0 Å². The molecular formula is C13H22N2O4. The highest BCUT2D eigenvalue weighted by atomic mass is 16.6. The Morgan fingerprint density at radius 3 is 2.42 bits per heavy atom. The first-order chi connectivity index (χ1) is 8.85. The largest absolute Gasteiger partial charge is 0.443 e. The number of carbonyl (C=O) groups is 2. The molecule has 0 aliphatic carbocycles. The SMILES string of the molecule is CC(C)(C)OC(=O)NNC(=O)CCCCC#CCO. The molecule has 0 radical (unpaired) electrons. The van der Waals surface area contributed by atoms with Crippen LogP contribution >= 0.6 is 0 Å². The van der Waals surface area contributed by atoms with E-state index in [2.05, 4.69) is 22.7 Å². The minimum atomic E-state index is -0.685. The van der Waals surface area contributed by atoms with E-state index >= 15 is 0 Å². The maximum atomic E-state index is 11.3. The van der Waals surface area contributed by atoms with Crippen molar-refractivity contribution >= 4 is 12.0 Å². The van der Waals surface area contributed by atoms with Crippen molar-refractivity contribution in [2.24, 2.45) is 0 Å². The fourth-order valence-electron chi connectivity index (χ4n) is 1.13. The van der Waals surface area contributed by atoms with Crippen LogP contribution in [0.1, 0.15) is 46.5 Å². The van der Waals surface area contributed by atoms with Crippen molar-refractivity contribution in [1.82, 2.24) is 10.9 Å². The van der Waals surface area contributed by atoms with Crippen LogP contribution in [0.5, 0.6) is 0 Å². The molecule has 108 valence electrons. The zero-order valence-electron chi connectivity index (χ0n) is 11.7. The number of rotatable bonds is 4. The summed E-state index contributed by atoms with van der Waals surface area (Å²) in [7, 11) is 0. The Morgan fingerprint density at radius 1 is 1.16 bits per heavy atom. The van der Waals surface area contributed by atoms with Crippen molar-refractivity contribution < 1.29 is 19.4 Å². The van der Waals surface area contributed by atoms with Gasteiger partial charge in [0.25, 0.3) is 0 Å². The molecule has 0 atom stereocenters. The van der Waals surface area contributed by atoms with Crippen molar-refractivity contribution in [3.8, 4) is 11.8 Å². The Labute approximate surface area is 113 Å². The molecule has 2 amide bonds. The Kier molecular flexibility index (Phi) is 8.38. The summed E-state index contributed by atoms with van der Waals surface area (Å²) >= 11 is 0. The van der Waals surface area contributed by atoms with Crippen molar-refractivity contribution in [2.45, 2.75) is 52.1 Å². The molecule has 0 aliphatic heterocycles. The van der Waals surface area contributed by atoms with Gasteiger partial charge in [0.05, 0.1) is 0 Å². The summed E-state index contributed by atoms with van der Waals surface area (Å²) in [6.45, 7) is 5.08. The highest BCUT2D eigenvalue weighted by Gasteiger charge is 2.16. The molecule has 0 heterocycles. The topological polar surface area (TPSA) is 87.7 Å². The third-order valence-corrected chi connectivity index (χ3v) is 1.86. The van der Waals surface area contributed by atoms with Crippen LogP contribution in [-0.2, 0) is 9.53 Å². The van der Waals surface area contributed by atoms with Crippen molar-refractivity contribution in [3.05, 3.63) is 0 Å². The van der Waals surface area contributed by atoms with E-state index in [0.29, 0.717) is 19.3 Å². The summed E-state index contributed by atoms with van der Waals surface area (Å²) in [6, 6.07) is 0. The van der Waals surface area contributed by atoms with Gasteiger partial charge in [0, 0.05) is 12.8 Å². The highest BCUT2D eigenvalue weighted by molar-refractivity contribution is 5.79. The molecule has 0 unspecified atom stereocenters. The third kappa shape index (κ3) is 12.5. The van der Waals surface area contributed by atoms with Crippen LogP contribution in [0, 0.1) is 11.8 Å². The Balaban J connectivity index is 3.62. The lowest BCUT2D eigenvalue weighted by molar-refractivity contribution is -0.122. The second-order valence-corrected chi connectivity index (χ2v) is 4.89. The zero-order valence-corrected chi connectivity index (χ0v) is 11.7. The predicted octanol–water partition coefficient (Wildman–Crippen LogP) is 1.10. The van der Waals surface area contributed by atoms with E-state index in [1.165, 1.54) is 0 Å². The maximum Gasteiger partial charge on any atom is 0.426 e. The smallest absolute Gasteiger partial charge is 0.426 e. The van der Waals surface area contributed by atoms with Crippen LogP contribution in [0.3, 0.4) is 0 Å². The van der Waals surface area contributed by atoms with Gasteiger partial charge in [-0.25, -0.2) is 10.2 Å². The van der Waals surface area contributed by atoms with E-state index in [4.69, 9.17) is 9.84 Å². The number of aliphatic hydroxyl groups excluding tert-OH is 1. The zero-order chi connectivity index (χ0) is 14.7. The first kappa shape index (κ1) is 17.3. The molecular weight excluding hydrogens is 248 g/mol. The van der Waals surface area contributed by atoms with Gasteiger partial charge < -0.3 is 9.84 Å². The van der Waals surface area contributed by atoms with E-state index in [1.54, 1.807) is 20.8 Å². The van der Waals surface area contributed by atoms with Crippen LogP contribution in [0.25, 0.3) is 0 Å². The van der Waals surface area contributed by atoms with Gasteiger partial charge in [-0.15, -0.1) is 5.92 Å². The molecule has 0 aromatic carbocycles. The molecule has 0 aromatic heterocycles. The Morgan fingerprint density at radius 2 is 1.84 bits per heavy atom. The number of aliphatic hydroxyl groups is 1. The highest BCUT2D eigenvalue weighted by Crippen LogP contribution is 2.05. The maximum absolute atomic E-state index is 11.3. The molecule has 3 N–H and O–H groups in total. The molecule has 6 heteroatoms. The number of hydrazine groups is 1. The number of carbonyl (C=O) groups excluding carboxylic acids is 2. The van der Waals surface area contributed by atoms with Gasteiger partial charge in [-0.05, 0) is 33.6 Å². The van der Waals surface area contributed by atoms with Crippen molar-refractivity contribution in [1.29, 1.82) is 0 Å². The molecule has 0 fully saturated rings. The standard InChI is InChI=1S/C13H22N2O4/c1-13(2,3)19-12(18)15-14-11(17)9-7-5-4-6-8-10-16/h16H,4-5,7,9-10H2,1-3H3,(H,14,17)(H,15,18). The minimum absolute atomic E-state index is 0.139. The summed E-state index contributed by atoms with van der Waals surface area (Å²) < 4.78 is 4.95. The van der Waals surface area contributed by atoms with E-state index in [1.807, 2.05) is 0 Å². The van der Waals surface area contributed by atoms with Crippen LogP contribution in [0.15, 0.2) is 0 Å². The number of hydrogen-bond acceptors (Lipinski definition) is 4. The predicted molar refractivity (Wildman–Crippen MR) is 70.8 cm³/mol. The van der Waals surface area contributed by atoms with Crippen LogP contribution in [0.4, 0.5) is 4.79 Å².